The van der Waals surface area contributed by atoms with Crippen molar-refractivity contribution in [2.24, 2.45) is 0 Å². The molecule has 1 heterocycles. The van der Waals surface area contributed by atoms with E-state index >= 15 is 0 Å². The molecule has 0 aliphatic rings. The number of hydrogen-bond donors (Lipinski definition) is 1. The number of nitrogens with zero attached hydrogens (tertiary/aromatic N) is 1. The average Bonchev–Trinajstić information content (AvgIpc) is 2.81. The van der Waals surface area contributed by atoms with Gasteiger partial charge in [0.1, 0.15) is 11.6 Å². The minimum absolute atomic E-state index is 0.260. The van der Waals surface area contributed by atoms with Crippen molar-refractivity contribution in [3.63, 3.8) is 0 Å². The maximum atomic E-state index is 13.4. The van der Waals surface area contributed by atoms with Crippen LogP contribution in [0.5, 0.6) is 5.75 Å². The number of thiazole rings is 1. The number of benzene rings is 1. The summed E-state index contributed by atoms with van der Waals surface area (Å²) in [5.41, 5.74) is 1.06. The number of aromatic nitrogens is 1. The van der Waals surface area contributed by atoms with Gasteiger partial charge in [-0.3, -0.25) is 0 Å². The normalized spacial score (nSPS) is 11.0. The molecule has 0 radical (unpaired) electrons. The van der Waals surface area contributed by atoms with Gasteiger partial charge in [-0.15, -0.1) is 11.3 Å². The van der Waals surface area contributed by atoms with Gasteiger partial charge in [0.05, 0.1) is 5.69 Å². The van der Waals surface area contributed by atoms with Crippen LogP contribution in [0.1, 0.15) is 35.3 Å². The van der Waals surface area contributed by atoms with E-state index in [0.717, 1.165) is 15.6 Å². The third-order valence-electron chi connectivity index (χ3n) is 2.65. The lowest BCUT2D eigenvalue weighted by molar-refractivity contribution is 0.289. The van der Waals surface area contributed by atoms with Crippen molar-refractivity contribution < 1.29 is 9.13 Å². The summed E-state index contributed by atoms with van der Waals surface area (Å²) in [4.78, 5) is 5.71. The summed E-state index contributed by atoms with van der Waals surface area (Å²) in [6, 6.07) is 6.39. The van der Waals surface area contributed by atoms with Crippen molar-refractivity contribution in [3.8, 4) is 5.75 Å². The quantitative estimate of drug-likeness (QED) is 0.826. The highest BCUT2D eigenvalue weighted by atomic mass is 32.1. The second-order valence-corrected chi connectivity index (χ2v) is 5.93. The minimum atomic E-state index is -0.349. The van der Waals surface area contributed by atoms with Gasteiger partial charge in [0.25, 0.3) is 0 Å². The molecule has 5 heteroatoms. The molecule has 2 nitrogen and oxygen atoms in total. The first kappa shape index (κ1) is 14.3. The van der Waals surface area contributed by atoms with Crippen LogP contribution in [0, 0.1) is 5.82 Å². The highest BCUT2D eigenvalue weighted by molar-refractivity contribution is 7.79. The largest absolute Gasteiger partial charge is 0.483 e. The zero-order valence-electron chi connectivity index (χ0n) is 10.9. The molecule has 0 aliphatic carbocycles. The molecule has 0 aliphatic heterocycles. The summed E-state index contributed by atoms with van der Waals surface area (Å²) in [5, 5.41) is 0.857. The molecule has 0 saturated carbocycles. The van der Waals surface area contributed by atoms with Crippen molar-refractivity contribution in [2.45, 2.75) is 32.1 Å². The van der Waals surface area contributed by atoms with Crippen LogP contribution >= 0.6 is 24.0 Å². The Morgan fingerprint density at radius 2 is 2.11 bits per heavy atom. The van der Waals surface area contributed by atoms with Crippen LogP contribution in [-0.2, 0) is 12.4 Å². The predicted molar refractivity (Wildman–Crippen MR) is 79.6 cm³/mol. The van der Waals surface area contributed by atoms with Gasteiger partial charge in [0.2, 0.25) is 0 Å². The Morgan fingerprint density at radius 3 is 2.68 bits per heavy atom. The van der Waals surface area contributed by atoms with Crippen molar-refractivity contribution in [2.75, 3.05) is 0 Å². The molecule has 2 aromatic rings. The van der Waals surface area contributed by atoms with Gasteiger partial charge in [-0.1, -0.05) is 26.0 Å². The molecule has 0 fully saturated rings. The van der Waals surface area contributed by atoms with Crippen LogP contribution in [0.2, 0.25) is 0 Å². The molecular weight excluding hydrogens is 281 g/mol. The number of rotatable bonds is 5. The Labute approximate surface area is 122 Å². The monoisotopic (exact) mass is 297 g/mol. The lowest BCUT2D eigenvalue weighted by Gasteiger charge is -2.04. The number of halogens is 1. The Kier molecular flexibility index (Phi) is 4.82. The zero-order valence-corrected chi connectivity index (χ0v) is 12.6. The number of hydrogen-bond acceptors (Lipinski definition) is 4. The molecular formula is C14H16FNOS2. The molecule has 0 unspecified atom stereocenters. The Balaban J connectivity index is 2.10. The fraction of sp³-hybridized carbons (Fsp3) is 0.357. The molecule has 0 spiro atoms. The summed E-state index contributed by atoms with van der Waals surface area (Å²) in [5.74, 6) is 0.944. The van der Waals surface area contributed by atoms with E-state index < -0.39 is 0 Å². The summed E-state index contributed by atoms with van der Waals surface area (Å²) in [6.45, 7) is 4.49. The van der Waals surface area contributed by atoms with Gasteiger partial charge < -0.3 is 4.74 Å². The van der Waals surface area contributed by atoms with Gasteiger partial charge in [-0.2, -0.15) is 12.6 Å². The fourth-order valence-electron chi connectivity index (χ4n) is 1.74. The Morgan fingerprint density at radius 1 is 1.37 bits per heavy atom. The van der Waals surface area contributed by atoms with Crippen LogP contribution in [0.4, 0.5) is 4.39 Å². The third-order valence-corrected chi connectivity index (χ3v) is 4.22. The van der Waals surface area contributed by atoms with E-state index in [1.165, 1.54) is 6.07 Å². The second kappa shape index (κ2) is 6.39. The topological polar surface area (TPSA) is 22.1 Å². The SMILES string of the molecule is CC(C)c1nc(COc2ccccc2F)sc1CS. The standard InChI is InChI=1S/C14H16FNOS2/c1-9(2)14-12(8-18)19-13(16-14)7-17-11-6-4-3-5-10(11)15/h3-6,9,18H,7-8H2,1-2H3. The maximum absolute atomic E-state index is 13.4. The average molecular weight is 297 g/mol. The lowest BCUT2D eigenvalue weighted by Crippen LogP contribution is -1.98. The van der Waals surface area contributed by atoms with Gasteiger partial charge in [0, 0.05) is 10.6 Å². The fourth-order valence-corrected chi connectivity index (χ4v) is 3.09. The molecule has 1 aromatic carbocycles. The first-order valence-electron chi connectivity index (χ1n) is 6.08. The lowest BCUT2D eigenvalue weighted by atomic mass is 10.1. The summed E-state index contributed by atoms with van der Waals surface area (Å²) < 4.78 is 18.9. The van der Waals surface area contributed by atoms with Crippen molar-refractivity contribution in [1.29, 1.82) is 0 Å². The van der Waals surface area contributed by atoms with E-state index in [0.29, 0.717) is 18.3 Å². The zero-order chi connectivity index (χ0) is 13.8. The van der Waals surface area contributed by atoms with Crippen molar-refractivity contribution in [3.05, 3.63) is 45.7 Å². The van der Waals surface area contributed by atoms with Crippen molar-refractivity contribution in [1.82, 2.24) is 4.98 Å². The van der Waals surface area contributed by atoms with Gasteiger partial charge in [-0.25, -0.2) is 9.37 Å². The van der Waals surface area contributed by atoms with Crippen LogP contribution in [0.25, 0.3) is 0 Å². The smallest absolute Gasteiger partial charge is 0.165 e. The van der Waals surface area contributed by atoms with E-state index in [9.17, 15) is 4.39 Å². The molecule has 0 bridgehead atoms. The summed E-state index contributed by atoms with van der Waals surface area (Å²) in [6.07, 6.45) is 0. The van der Waals surface area contributed by atoms with Gasteiger partial charge >= 0.3 is 0 Å². The molecule has 1 aromatic heterocycles. The highest BCUT2D eigenvalue weighted by Crippen LogP contribution is 2.27. The summed E-state index contributed by atoms with van der Waals surface area (Å²) >= 11 is 5.89. The Bertz CT molecular complexity index is 554. The highest BCUT2D eigenvalue weighted by Gasteiger charge is 2.13. The van der Waals surface area contributed by atoms with Crippen LogP contribution in [0.3, 0.4) is 0 Å². The van der Waals surface area contributed by atoms with Gasteiger partial charge in [-0.05, 0) is 18.1 Å². The minimum Gasteiger partial charge on any atom is -0.483 e. The first-order chi connectivity index (χ1) is 9.11. The molecule has 0 amide bonds. The van der Waals surface area contributed by atoms with Gasteiger partial charge in [0.15, 0.2) is 11.6 Å². The van der Waals surface area contributed by atoms with E-state index in [4.69, 9.17) is 4.74 Å². The van der Waals surface area contributed by atoms with Crippen molar-refractivity contribution >= 4 is 24.0 Å². The first-order valence-corrected chi connectivity index (χ1v) is 7.53. The van der Waals surface area contributed by atoms with E-state index in [1.807, 2.05) is 0 Å². The second-order valence-electron chi connectivity index (χ2n) is 4.45. The number of para-hydroxylation sites is 1. The Hall–Kier alpha value is -1.07. The maximum Gasteiger partial charge on any atom is 0.165 e. The van der Waals surface area contributed by atoms with Crippen LogP contribution in [0.15, 0.2) is 24.3 Å². The third kappa shape index (κ3) is 3.48. The number of thiol groups is 1. The van der Waals surface area contributed by atoms with Crippen LogP contribution < -0.4 is 4.74 Å². The molecule has 0 atom stereocenters. The van der Waals surface area contributed by atoms with E-state index in [-0.39, 0.29) is 11.6 Å². The van der Waals surface area contributed by atoms with E-state index in [1.54, 1.807) is 29.5 Å². The molecule has 2 rings (SSSR count). The summed E-state index contributed by atoms with van der Waals surface area (Å²) in [7, 11) is 0. The molecule has 102 valence electrons. The van der Waals surface area contributed by atoms with Crippen LogP contribution in [-0.4, -0.2) is 4.98 Å². The predicted octanol–water partition coefficient (Wildman–Crippen LogP) is 4.41. The van der Waals surface area contributed by atoms with E-state index in [2.05, 4.69) is 31.5 Å². The molecule has 0 N–H and O–H groups in total. The molecule has 19 heavy (non-hydrogen) atoms. The molecule has 0 saturated heterocycles. The number of ether oxygens (including phenoxy) is 1.